The van der Waals surface area contributed by atoms with Crippen molar-refractivity contribution in [1.29, 1.82) is 0 Å². The van der Waals surface area contributed by atoms with Crippen molar-refractivity contribution in [2.75, 3.05) is 0 Å². The Morgan fingerprint density at radius 3 is 2.33 bits per heavy atom. The highest BCUT2D eigenvalue weighted by molar-refractivity contribution is 5.29. The predicted octanol–water partition coefficient (Wildman–Crippen LogP) is 3.56. The number of aryl methyl sites for hydroxylation is 1. The lowest BCUT2D eigenvalue weighted by Gasteiger charge is -2.12. The molecular formula is C15H14F3NO2. The largest absolute Gasteiger partial charge is 0.573 e. The molecule has 1 aromatic heterocycles. The van der Waals surface area contributed by atoms with Gasteiger partial charge in [0.15, 0.2) is 0 Å². The first-order chi connectivity index (χ1) is 9.83. The zero-order valence-corrected chi connectivity index (χ0v) is 11.3. The number of aliphatic hydroxyl groups is 1. The van der Waals surface area contributed by atoms with E-state index in [9.17, 15) is 18.3 Å². The lowest BCUT2D eigenvalue weighted by Crippen LogP contribution is -2.17. The van der Waals surface area contributed by atoms with Gasteiger partial charge in [-0.15, -0.1) is 13.2 Å². The minimum Gasteiger partial charge on any atom is -0.406 e. The van der Waals surface area contributed by atoms with Gasteiger partial charge in [0.2, 0.25) is 0 Å². The number of hydrogen-bond acceptors (Lipinski definition) is 3. The van der Waals surface area contributed by atoms with E-state index in [0.717, 1.165) is 5.69 Å². The minimum atomic E-state index is -4.70. The highest BCUT2D eigenvalue weighted by atomic mass is 19.4. The molecule has 2 rings (SSSR count). The summed E-state index contributed by atoms with van der Waals surface area (Å²) in [4.78, 5) is 4.09. The van der Waals surface area contributed by atoms with E-state index < -0.39 is 12.5 Å². The van der Waals surface area contributed by atoms with E-state index in [-0.39, 0.29) is 12.2 Å². The average molecular weight is 297 g/mol. The third-order valence-electron chi connectivity index (χ3n) is 2.90. The standard InChI is InChI=1S/C15H14F3NO2/c1-10-2-5-12(9-19-10)14(20)8-11-3-6-13(7-4-11)21-15(16,17)18/h2-7,9,14,20H,8H2,1H3. The first-order valence-corrected chi connectivity index (χ1v) is 6.29. The number of aliphatic hydroxyl groups excluding tert-OH is 1. The maximum atomic E-state index is 12.0. The van der Waals surface area contributed by atoms with Gasteiger partial charge in [0.1, 0.15) is 5.75 Å². The summed E-state index contributed by atoms with van der Waals surface area (Å²) in [7, 11) is 0. The topological polar surface area (TPSA) is 42.4 Å². The summed E-state index contributed by atoms with van der Waals surface area (Å²) in [5.74, 6) is -0.280. The summed E-state index contributed by atoms with van der Waals surface area (Å²) in [6.45, 7) is 1.84. The Morgan fingerprint density at radius 1 is 1.14 bits per heavy atom. The molecule has 1 atom stereocenters. The molecule has 0 saturated carbocycles. The van der Waals surface area contributed by atoms with Crippen LogP contribution in [0.1, 0.15) is 22.9 Å². The number of aromatic nitrogens is 1. The molecule has 0 bridgehead atoms. The zero-order valence-electron chi connectivity index (χ0n) is 11.3. The molecular weight excluding hydrogens is 283 g/mol. The number of ether oxygens (including phenoxy) is 1. The van der Waals surface area contributed by atoms with Crippen LogP contribution in [0.5, 0.6) is 5.75 Å². The molecule has 0 fully saturated rings. The Labute approximate surface area is 120 Å². The number of pyridine rings is 1. The van der Waals surface area contributed by atoms with Crippen LogP contribution in [0.4, 0.5) is 13.2 Å². The van der Waals surface area contributed by atoms with Crippen LogP contribution in [0.25, 0.3) is 0 Å². The molecule has 112 valence electrons. The quantitative estimate of drug-likeness (QED) is 0.938. The predicted molar refractivity (Wildman–Crippen MR) is 70.8 cm³/mol. The van der Waals surface area contributed by atoms with Crippen molar-refractivity contribution in [3.63, 3.8) is 0 Å². The maximum absolute atomic E-state index is 12.0. The molecule has 1 N–H and O–H groups in total. The van der Waals surface area contributed by atoms with Gasteiger partial charge < -0.3 is 9.84 Å². The number of rotatable bonds is 4. The molecule has 0 radical (unpaired) electrons. The van der Waals surface area contributed by atoms with E-state index in [0.29, 0.717) is 11.1 Å². The maximum Gasteiger partial charge on any atom is 0.573 e. The molecule has 3 nitrogen and oxygen atoms in total. The number of hydrogen-bond donors (Lipinski definition) is 1. The van der Waals surface area contributed by atoms with E-state index >= 15 is 0 Å². The van der Waals surface area contributed by atoms with Crippen molar-refractivity contribution < 1.29 is 23.0 Å². The molecule has 1 unspecified atom stereocenters. The summed E-state index contributed by atoms with van der Waals surface area (Å²) in [5, 5.41) is 10.1. The SMILES string of the molecule is Cc1ccc(C(O)Cc2ccc(OC(F)(F)F)cc2)cn1. The number of nitrogens with zero attached hydrogens (tertiary/aromatic N) is 1. The fourth-order valence-electron chi connectivity index (χ4n) is 1.84. The van der Waals surface area contributed by atoms with Crippen LogP contribution in [0.15, 0.2) is 42.6 Å². The van der Waals surface area contributed by atoms with Gasteiger partial charge in [0.25, 0.3) is 0 Å². The summed E-state index contributed by atoms with van der Waals surface area (Å²) >= 11 is 0. The minimum absolute atomic E-state index is 0.280. The van der Waals surface area contributed by atoms with Crippen LogP contribution in [0.3, 0.4) is 0 Å². The van der Waals surface area contributed by atoms with Crippen molar-refractivity contribution in [3.8, 4) is 5.75 Å². The molecule has 0 aliphatic heterocycles. The number of alkyl halides is 3. The first kappa shape index (κ1) is 15.3. The van der Waals surface area contributed by atoms with Crippen molar-refractivity contribution in [3.05, 3.63) is 59.4 Å². The Bertz CT molecular complexity index is 579. The third kappa shape index (κ3) is 4.75. The molecule has 1 heterocycles. The van der Waals surface area contributed by atoms with Gasteiger partial charge in [0, 0.05) is 18.3 Å². The van der Waals surface area contributed by atoms with E-state index in [1.165, 1.54) is 24.3 Å². The Balaban J connectivity index is 2.01. The molecule has 0 spiro atoms. The van der Waals surface area contributed by atoms with Gasteiger partial charge >= 0.3 is 6.36 Å². The molecule has 6 heteroatoms. The molecule has 21 heavy (non-hydrogen) atoms. The average Bonchev–Trinajstić information content (AvgIpc) is 2.40. The Morgan fingerprint density at radius 2 is 1.81 bits per heavy atom. The van der Waals surface area contributed by atoms with Crippen LogP contribution >= 0.6 is 0 Å². The van der Waals surface area contributed by atoms with Gasteiger partial charge in [-0.2, -0.15) is 0 Å². The first-order valence-electron chi connectivity index (χ1n) is 6.29. The number of halogens is 3. The smallest absolute Gasteiger partial charge is 0.406 e. The van der Waals surface area contributed by atoms with Crippen molar-refractivity contribution in [2.24, 2.45) is 0 Å². The van der Waals surface area contributed by atoms with Gasteiger partial charge in [0.05, 0.1) is 6.10 Å². The Kier molecular flexibility index (Phi) is 4.47. The molecule has 0 aliphatic carbocycles. The van der Waals surface area contributed by atoms with E-state index in [2.05, 4.69) is 9.72 Å². The van der Waals surface area contributed by atoms with Gasteiger partial charge in [-0.05, 0) is 36.2 Å². The Hall–Kier alpha value is -2.08. The molecule has 1 aromatic carbocycles. The van der Waals surface area contributed by atoms with Crippen LogP contribution in [-0.2, 0) is 6.42 Å². The fourth-order valence-corrected chi connectivity index (χ4v) is 1.84. The lowest BCUT2D eigenvalue weighted by molar-refractivity contribution is -0.274. The number of benzene rings is 1. The third-order valence-corrected chi connectivity index (χ3v) is 2.90. The van der Waals surface area contributed by atoms with Crippen LogP contribution in [0.2, 0.25) is 0 Å². The second kappa shape index (κ2) is 6.13. The normalized spacial score (nSPS) is 13.0. The van der Waals surface area contributed by atoms with Crippen molar-refractivity contribution >= 4 is 0 Å². The fraction of sp³-hybridized carbons (Fsp3) is 0.267. The summed E-state index contributed by atoms with van der Waals surface area (Å²) in [6, 6.07) is 9.00. The molecule has 0 saturated heterocycles. The second-order valence-corrected chi connectivity index (χ2v) is 4.64. The summed E-state index contributed by atoms with van der Waals surface area (Å²) < 4.78 is 39.9. The van der Waals surface area contributed by atoms with Crippen molar-refractivity contribution in [2.45, 2.75) is 25.8 Å². The van der Waals surface area contributed by atoms with Crippen molar-refractivity contribution in [1.82, 2.24) is 4.98 Å². The van der Waals surface area contributed by atoms with Crippen LogP contribution in [-0.4, -0.2) is 16.5 Å². The van der Waals surface area contributed by atoms with E-state index in [1.54, 1.807) is 18.3 Å². The summed E-state index contributed by atoms with van der Waals surface area (Å²) in [5.41, 5.74) is 2.22. The molecule has 2 aromatic rings. The molecule has 0 aliphatic rings. The lowest BCUT2D eigenvalue weighted by atomic mass is 10.0. The second-order valence-electron chi connectivity index (χ2n) is 4.64. The van der Waals surface area contributed by atoms with E-state index in [4.69, 9.17) is 0 Å². The summed E-state index contributed by atoms with van der Waals surface area (Å²) in [6.07, 6.45) is -3.58. The van der Waals surface area contributed by atoms with Gasteiger partial charge in [-0.1, -0.05) is 18.2 Å². The molecule has 0 amide bonds. The van der Waals surface area contributed by atoms with E-state index in [1.807, 2.05) is 6.92 Å². The van der Waals surface area contributed by atoms with Crippen LogP contribution in [0, 0.1) is 6.92 Å². The monoisotopic (exact) mass is 297 g/mol. The van der Waals surface area contributed by atoms with Gasteiger partial charge in [-0.3, -0.25) is 4.98 Å². The highest BCUT2D eigenvalue weighted by Crippen LogP contribution is 2.24. The van der Waals surface area contributed by atoms with Crippen LogP contribution < -0.4 is 4.74 Å². The zero-order chi connectivity index (χ0) is 15.5. The van der Waals surface area contributed by atoms with Gasteiger partial charge in [-0.25, -0.2) is 0 Å². The highest BCUT2D eigenvalue weighted by Gasteiger charge is 2.30.